The minimum Gasteiger partial charge on any atom is -0.442 e. The van der Waals surface area contributed by atoms with Crippen molar-refractivity contribution in [2.24, 2.45) is 0 Å². The van der Waals surface area contributed by atoms with Gasteiger partial charge in [-0.1, -0.05) is 0 Å². The van der Waals surface area contributed by atoms with Gasteiger partial charge in [-0.2, -0.15) is 0 Å². The second-order valence-corrected chi connectivity index (χ2v) is 7.24. The molecule has 2 aromatic heterocycles. The zero-order valence-electron chi connectivity index (χ0n) is 8.87. The molecule has 0 spiro atoms. The Morgan fingerprint density at radius 2 is 2.29 bits per heavy atom. The van der Waals surface area contributed by atoms with Gasteiger partial charge in [-0.3, -0.25) is 0 Å². The molecule has 0 aromatic carbocycles. The van der Waals surface area contributed by atoms with Gasteiger partial charge < -0.3 is 9.73 Å². The van der Waals surface area contributed by atoms with Crippen molar-refractivity contribution in [1.29, 1.82) is 0 Å². The van der Waals surface area contributed by atoms with Gasteiger partial charge in [-0.25, -0.2) is 4.98 Å². The molecule has 0 amide bonds. The molecule has 1 aliphatic carbocycles. The lowest BCUT2D eigenvalue weighted by molar-refractivity contribution is 0.570. The van der Waals surface area contributed by atoms with Crippen LogP contribution in [-0.4, -0.2) is 11.0 Å². The molecular weight excluding hydrogens is 368 g/mol. The highest BCUT2D eigenvalue weighted by molar-refractivity contribution is 9.13. The van der Waals surface area contributed by atoms with E-state index in [1.807, 2.05) is 0 Å². The van der Waals surface area contributed by atoms with Crippen molar-refractivity contribution in [3.05, 3.63) is 26.4 Å². The summed E-state index contributed by atoms with van der Waals surface area (Å²) in [6.45, 7) is 0.781. The van der Waals surface area contributed by atoms with Crippen molar-refractivity contribution < 1.29 is 4.42 Å². The van der Waals surface area contributed by atoms with E-state index >= 15 is 0 Å². The number of thiophene rings is 1. The molecule has 0 radical (unpaired) electrons. The third-order valence-corrected chi connectivity index (χ3v) is 5.90. The zero-order chi connectivity index (χ0) is 11.8. The van der Waals surface area contributed by atoms with Gasteiger partial charge in [0.05, 0.1) is 8.66 Å². The van der Waals surface area contributed by atoms with Crippen LogP contribution in [0.2, 0.25) is 0 Å². The van der Waals surface area contributed by atoms with Crippen LogP contribution in [-0.2, 0) is 6.54 Å². The van der Waals surface area contributed by atoms with Crippen LogP contribution in [0, 0.1) is 0 Å². The zero-order valence-corrected chi connectivity index (χ0v) is 12.9. The fourth-order valence-electron chi connectivity index (χ4n) is 1.58. The molecule has 17 heavy (non-hydrogen) atoms. The molecule has 3 nitrogen and oxygen atoms in total. The average molecular weight is 378 g/mol. The van der Waals surface area contributed by atoms with Crippen molar-refractivity contribution in [2.45, 2.75) is 25.4 Å². The van der Waals surface area contributed by atoms with Crippen molar-refractivity contribution in [3.63, 3.8) is 0 Å². The summed E-state index contributed by atoms with van der Waals surface area (Å²) >= 11 is 8.62. The van der Waals surface area contributed by atoms with Crippen molar-refractivity contribution in [3.8, 4) is 10.6 Å². The van der Waals surface area contributed by atoms with Crippen LogP contribution in [0.3, 0.4) is 0 Å². The number of aromatic nitrogens is 1. The lowest BCUT2D eigenvalue weighted by atomic mass is 10.3. The Bertz CT molecular complexity index is 514. The van der Waals surface area contributed by atoms with Crippen molar-refractivity contribution in [2.75, 3.05) is 0 Å². The van der Waals surface area contributed by atoms with Crippen LogP contribution >= 0.6 is 43.2 Å². The number of rotatable bonds is 4. The lowest BCUT2D eigenvalue weighted by Gasteiger charge is -2.00. The maximum absolute atomic E-state index is 5.49. The largest absolute Gasteiger partial charge is 0.442 e. The summed E-state index contributed by atoms with van der Waals surface area (Å²) < 4.78 is 7.61. The summed E-state index contributed by atoms with van der Waals surface area (Å²) in [5.74, 6) is 0.870. The van der Waals surface area contributed by atoms with Gasteiger partial charge in [-0.05, 0) is 50.8 Å². The molecule has 1 aliphatic rings. The summed E-state index contributed by atoms with van der Waals surface area (Å²) in [4.78, 5) is 5.37. The van der Waals surface area contributed by atoms with E-state index in [0.717, 1.165) is 31.1 Å². The van der Waals surface area contributed by atoms with Crippen LogP contribution in [0.5, 0.6) is 0 Å². The van der Waals surface area contributed by atoms with Gasteiger partial charge in [0, 0.05) is 17.1 Å². The van der Waals surface area contributed by atoms with E-state index in [-0.39, 0.29) is 0 Å². The first kappa shape index (κ1) is 11.9. The second-order valence-electron chi connectivity index (χ2n) is 4.02. The molecular formula is C11H10Br2N2OS. The van der Waals surface area contributed by atoms with Crippen LogP contribution in [0.1, 0.15) is 18.5 Å². The van der Waals surface area contributed by atoms with Crippen LogP contribution in [0.4, 0.5) is 0 Å². The molecule has 1 N–H and O–H groups in total. The predicted octanol–water partition coefficient (Wildman–Crippen LogP) is 4.18. The predicted molar refractivity (Wildman–Crippen MR) is 75.1 cm³/mol. The molecule has 2 heterocycles. The fraction of sp³-hybridized carbons (Fsp3) is 0.364. The SMILES string of the molecule is Brc1cc(-c2ocnc2CNC2CC2)sc1Br. The Labute approximate surface area is 120 Å². The van der Waals surface area contributed by atoms with E-state index in [1.165, 1.54) is 19.2 Å². The van der Waals surface area contributed by atoms with E-state index in [9.17, 15) is 0 Å². The minimum absolute atomic E-state index is 0.682. The van der Waals surface area contributed by atoms with E-state index in [4.69, 9.17) is 4.42 Å². The van der Waals surface area contributed by atoms with Gasteiger partial charge in [0.15, 0.2) is 12.2 Å². The van der Waals surface area contributed by atoms with Crippen LogP contribution < -0.4 is 5.32 Å². The number of halogens is 2. The summed E-state index contributed by atoms with van der Waals surface area (Å²) in [6, 6.07) is 2.73. The summed E-state index contributed by atoms with van der Waals surface area (Å²) in [5, 5.41) is 3.45. The first-order chi connectivity index (χ1) is 8.24. The molecule has 0 bridgehead atoms. The first-order valence-corrected chi connectivity index (χ1v) is 7.75. The Morgan fingerprint density at radius 1 is 1.47 bits per heavy atom. The Hall–Kier alpha value is -0.170. The maximum Gasteiger partial charge on any atom is 0.181 e. The summed E-state index contributed by atoms with van der Waals surface area (Å²) in [7, 11) is 0. The van der Waals surface area contributed by atoms with Crippen molar-refractivity contribution in [1.82, 2.24) is 10.3 Å². The Morgan fingerprint density at radius 3 is 2.94 bits per heavy atom. The van der Waals surface area contributed by atoms with Gasteiger partial charge in [-0.15, -0.1) is 11.3 Å². The van der Waals surface area contributed by atoms with Gasteiger partial charge in [0.1, 0.15) is 5.69 Å². The summed E-state index contributed by atoms with van der Waals surface area (Å²) in [5.41, 5.74) is 0.984. The number of nitrogens with zero attached hydrogens (tertiary/aromatic N) is 1. The van der Waals surface area contributed by atoms with Gasteiger partial charge in [0.2, 0.25) is 0 Å². The number of nitrogens with one attached hydrogen (secondary N) is 1. The topological polar surface area (TPSA) is 38.1 Å². The normalized spacial score (nSPS) is 15.4. The highest BCUT2D eigenvalue weighted by Gasteiger charge is 2.22. The third kappa shape index (κ3) is 2.65. The standard InChI is InChI=1S/C11H10Br2N2OS/c12-7-3-9(17-11(7)13)10-8(15-5-16-10)4-14-6-1-2-6/h3,5-6,14H,1-2,4H2. The molecule has 2 aromatic rings. The average Bonchev–Trinajstić information content (AvgIpc) is 2.92. The Balaban J connectivity index is 1.83. The number of hydrogen-bond acceptors (Lipinski definition) is 4. The van der Waals surface area contributed by atoms with Crippen LogP contribution in [0.25, 0.3) is 10.6 Å². The van der Waals surface area contributed by atoms with Crippen LogP contribution in [0.15, 0.2) is 25.1 Å². The van der Waals surface area contributed by atoms with E-state index in [2.05, 4.69) is 48.2 Å². The molecule has 0 aliphatic heterocycles. The summed E-state index contributed by atoms with van der Waals surface area (Å²) in [6.07, 6.45) is 4.08. The minimum atomic E-state index is 0.682. The molecule has 0 unspecified atom stereocenters. The smallest absolute Gasteiger partial charge is 0.181 e. The molecule has 90 valence electrons. The quantitative estimate of drug-likeness (QED) is 0.868. The van der Waals surface area contributed by atoms with Gasteiger partial charge >= 0.3 is 0 Å². The molecule has 0 saturated heterocycles. The highest BCUT2D eigenvalue weighted by atomic mass is 79.9. The molecule has 0 atom stereocenters. The van der Waals surface area contributed by atoms with E-state index in [0.29, 0.717) is 6.04 Å². The lowest BCUT2D eigenvalue weighted by Crippen LogP contribution is -2.15. The molecule has 3 rings (SSSR count). The van der Waals surface area contributed by atoms with Gasteiger partial charge in [0.25, 0.3) is 0 Å². The van der Waals surface area contributed by atoms with E-state index in [1.54, 1.807) is 11.3 Å². The monoisotopic (exact) mass is 376 g/mol. The molecule has 1 saturated carbocycles. The highest BCUT2D eigenvalue weighted by Crippen LogP contribution is 2.39. The Kier molecular flexibility index (Phi) is 3.38. The van der Waals surface area contributed by atoms with E-state index < -0.39 is 0 Å². The van der Waals surface area contributed by atoms with Crippen molar-refractivity contribution >= 4 is 43.2 Å². The maximum atomic E-state index is 5.49. The molecule has 1 fully saturated rings. The second kappa shape index (κ2) is 4.84. The molecule has 6 heteroatoms. The fourth-order valence-corrected chi connectivity index (χ4v) is 3.63. The number of oxazole rings is 1. The first-order valence-electron chi connectivity index (χ1n) is 5.35. The third-order valence-electron chi connectivity index (χ3n) is 2.65. The number of hydrogen-bond donors (Lipinski definition) is 1.